The Labute approximate surface area is 147 Å². The van der Waals surface area contributed by atoms with Gasteiger partial charge in [0.15, 0.2) is 6.61 Å². The summed E-state index contributed by atoms with van der Waals surface area (Å²) in [7, 11) is 0. The average Bonchev–Trinajstić information content (AvgIpc) is 2.60. The fraction of sp³-hybridized carbons (Fsp3) is 0.421. The molecule has 6 nitrogen and oxygen atoms in total. The number of carbonyl (C=O) groups excluding carboxylic acids is 2. The number of nitriles is 1. The van der Waals surface area contributed by atoms with E-state index in [1.54, 1.807) is 30.3 Å². The summed E-state index contributed by atoms with van der Waals surface area (Å²) in [5.41, 5.74) is 5.80. The zero-order chi connectivity index (χ0) is 18.2. The fourth-order valence-corrected chi connectivity index (χ4v) is 2.91. The fourth-order valence-electron chi connectivity index (χ4n) is 2.91. The van der Waals surface area contributed by atoms with Crippen molar-refractivity contribution in [2.75, 3.05) is 6.61 Å². The van der Waals surface area contributed by atoms with Crippen LogP contribution in [0, 0.1) is 17.2 Å². The van der Waals surface area contributed by atoms with Crippen molar-refractivity contribution in [2.24, 2.45) is 11.7 Å². The predicted octanol–water partition coefficient (Wildman–Crippen LogP) is 2.15. The first kappa shape index (κ1) is 18.5. The number of primary amides is 1. The molecule has 25 heavy (non-hydrogen) atoms. The van der Waals surface area contributed by atoms with Gasteiger partial charge in [0.1, 0.15) is 17.4 Å². The Balaban J connectivity index is 2.02. The molecule has 1 aliphatic carbocycles. The molecule has 0 aliphatic heterocycles. The van der Waals surface area contributed by atoms with Gasteiger partial charge in [-0.2, -0.15) is 5.26 Å². The maximum Gasteiger partial charge on any atom is 0.262 e. The highest BCUT2D eigenvalue weighted by atomic mass is 16.5. The first-order valence-corrected chi connectivity index (χ1v) is 8.43. The quantitative estimate of drug-likeness (QED) is 0.611. The lowest BCUT2D eigenvalue weighted by Crippen LogP contribution is -2.41. The number of nitrogens with one attached hydrogen (secondary N) is 1. The Bertz CT molecular complexity index is 689. The molecule has 0 spiro atoms. The minimum absolute atomic E-state index is 0.0728. The molecule has 0 aromatic heterocycles. The van der Waals surface area contributed by atoms with Gasteiger partial charge in [0.05, 0.1) is 0 Å². The molecule has 1 saturated carbocycles. The van der Waals surface area contributed by atoms with Gasteiger partial charge < -0.3 is 15.8 Å². The molecular weight excluding hydrogens is 318 g/mol. The number of ether oxygens (including phenoxy) is 1. The summed E-state index contributed by atoms with van der Waals surface area (Å²) in [5, 5.41) is 12.3. The van der Waals surface area contributed by atoms with E-state index in [2.05, 4.69) is 12.2 Å². The minimum Gasteiger partial charge on any atom is -0.484 e. The lowest BCUT2D eigenvalue weighted by Gasteiger charge is -2.29. The standard InChI is InChI=1S/C19H23N3O3/c1-13-4-2-3-5-17(13)22-19(24)15(11-20)10-14-6-8-16(9-7-14)25-12-18(21)23/h6-10,13,17H,2-5,12H2,1H3,(H2,21,23)(H,22,24)/b15-10+/t13-,17+/m1/s1. The summed E-state index contributed by atoms with van der Waals surface area (Å²) >= 11 is 0. The molecule has 0 bridgehead atoms. The third-order valence-electron chi connectivity index (χ3n) is 4.37. The van der Waals surface area contributed by atoms with E-state index in [1.807, 2.05) is 6.07 Å². The second kappa shape index (κ2) is 8.88. The van der Waals surface area contributed by atoms with E-state index >= 15 is 0 Å². The average molecular weight is 341 g/mol. The van der Waals surface area contributed by atoms with Crippen LogP contribution in [0.3, 0.4) is 0 Å². The Morgan fingerprint density at radius 2 is 2.00 bits per heavy atom. The molecule has 1 aromatic carbocycles. The Kier molecular flexibility index (Phi) is 6.58. The predicted molar refractivity (Wildman–Crippen MR) is 94.3 cm³/mol. The van der Waals surface area contributed by atoms with Crippen molar-refractivity contribution < 1.29 is 14.3 Å². The number of amides is 2. The van der Waals surface area contributed by atoms with Crippen LogP contribution in [0.4, 0.5) is 0 Å². The normalized spacial score (nSPS) is 20.4. The van der Waals surface area contributed by atoms with Crippen LogP contribution >= 0.6 is 0 Å². The molecule has 132 valence electrons. The number of benzene rings is 1. The van der Waals surface area contributed by atoms with Gasteiger partial charge in [0.25, 0.3) is 11.8 Å². The van der Waals surface area contributed by atoms with E-state index in [0.717, 1.165) is 19.3 Å². The van der Waals surface area contributed by atoms with Crippen LogP contribution in [-0.4, -0.2) is 24.5 Å². The van der Waals surface area contributed by atoms with Gasteiger partial charge in [-0.15, -0.1) is 0 Å². The highest BCUT2D eigenvalue weighted by Crippen LogP contribution is 2.24. The van der Waals surface area contributed by atoms with Crippen LogP contribution in [0.25, 0.3) is 6.08 Å². The molecule has 2 rings (SSSR count). The van der Waals surface area contributed by atoms with Crippen LogP contribution in [0.1, 0.15) is 38.2 Å². The van der Waals surface area contributed by atoms with Crippen molar-refractivity contribution in [3.63, 3.8) is 0 Å². The summed E-state index contributed by atoms with van der Waals surface area (Å²) in [4.78, 5) is 23.1. The van der Waals surface area contributed by atoms with Gasteiger partial charge in [-0.1, -0.05) is 31.9 Å². The highest BCUT2D eigenvalue weighted by Gasteiger charge is 2.23. The van der Waals surface area contributed by atoms with Crippen molar-refractivity contribution in [2.45, 2.75) is 38.6 Å². The summed E-state index contributed by atoms with van der Waals surface area (Å²) in [6.07, 6.45) is 5.90. The van der Waals surface area contributed by atoms with E-state index in [1.165, 1.54) is 6.42 Å². The van der Waals surface area contributed by atoms with E-state index < -0.39 is 5.91 Å². The number of nitrogens with zero attached hydrogens (tertiary/aromatic N) is 1. The first-order chi connectivity index (χ1) is 12.0. The molecule has 1 fully saturated rings. The first-order valence-electron chi connectivity index (χ1n) is 8.43. The van der Waals surface area contributed by atoms with E-state index in [-0.39, 0.29) is 24.1 Å². The number of hydrogen-bond acceptors (Lipinski definition) is 4. The molecule has 2 atom stereocenters. The van der Waals surface area contributed by atoms with Gasteiger partial charge in [-0.25, -0.2) is 0 Å². The van der Waals surface area contributed by atoms with E-state index in [0.29, 0.717) is 17.2 Å². The van der Waals surface area contributed by atoms with Crippen molar-refractivity contribution in [1.29, 1.82) is 5.26 Å². The largest absolute Gasteiger partial charge is 0.484 e. The molecule has 0 heterocycles. The summed E-state index contributed by atoms with van der Waals surface area (Å²) < 4.78 is 5.17. The third-order valence-corrected chi connectivity index (χ3v) is 4.37. The number of hydrogen-bond donors (Lipinski definition) is 2. The lowest BCUT2D eigenvalue weighted by molar-refractivity contribution is -0.120. The zero-order valence-corrected chi connectivity index (χ0v) is 14.3. The highest BCUT2D eigenvalue weighted by molar-refractivity contribution is 6.01. The monoisotopic (exact) mass is 341 g/mol. The van der Waals surface area contributed by atoms with Crippen molar-refractivity contribution in [3.05, 3.63) is 35.4 Å². The van der Waals surface area contributed by atoms with Crippen molar-refractivity contribution in [1.82, 2.24) is 5.32 Å². The molecule has 2 amide bonds. The summed E-state index contributed by atoms with van der Waals surface area (Å²) in [6.45, 7) is 1.94. The van der Waals surface area contributed by atoms with Gasteiger partial charge in [0, 0.05) is 6.04 Å². The summed E-state index contributed by atoms with van der Waals surface area (Å²) in [5.74, 6) is 0.0360. The number of nitrogens with two attached hydrogens (primary N) is 1. The topological polar surface area (TPSA) is 105 Å². The van der Waals surface area contributed by atoms with Crippen molar-refractivity contribution in [3.8, 4) is 11.8 Å². The van der Waals surface area contributed by atoms with Crippen LogP contribution in [0.2, 0.25) is 0 Å². The minimum atomic E-state index is -0.552. The molecule has 1 aromatic rings. The number of carbonyl (C=O) groups is 2. The Morgan fingerprint density at radius 1 is 1.32 bits per heavy atom. The molecule has 0 radical (unpaired) electrons. The molecular formula is C19H23N3O3. The van der Waals surface area contributed by atoms with E-state index in [4.69, 9.17) is 10.5 Å². The van der Waals surface area contributed by atoms with Gasteiger partial charge in [0.2, 0.25) is 0 Å². The van der Waals surface area contributed by atoms with Gasteiger partial charge >= 0.3 is 0 Å². The molecule has 6 heteroatoms. The number of rotatable bonds is 6. The lowest BCUT2D eigenvalue weighted by atomic mass is 9.86. The van der Waals surface area contributed by atoms with Crippen LogP contribution in [0.5, 0.6) is 5.75 Å². The van der Waals surface area contributed by atoms with Crippen LogP contribution < -0.4 is 15.8 Å². The van der Waals surface area contributed by atoms with E-state index in [9.17, 15) is 14.9 Å². The van der Waals surface area contributed by atoms with Crippen LogP contribution in [-0.2, 0) is 9.59 Å². The molecule has 0 unspecified atom stereocenters. The van der Waals surface area contributed by atoms with Crippen LogP contribution in [0.15, 0.2) is 29.8 Å². The van der Waals surface area contributed by atoms with Gasteiger partial charge in [-0.05, 0) is 42.5 Å². The SMILES string of the molecule is C[C@@H]1CCCC[C@@H]1NC(=O)/C(C#N)=C/c1ccc(OCC(N)=O)cc1. The molecule has 0 saturated heterocycles. The van der Waals surface area contributed by atoms with Gasteiger partial charge in [-0.3, -0.25) is 9.59 Å². The molecule has 3 N–H and O–H groups in total. The summed E-state index contributed by atoms with van der Waals surface area (Å²) in [6, 6.07) is 8.83. The molecule has 1 aliphatic rings. The zero-order valence-electron chi connectivity index (χ0n) is 14.3. The second-order valence-corrected chi connectivity index (χ2v) is 6.34. The Morgan fingerprint density at radius 3 is 2.60 bits per heavy atom. The maximum absolute atomic E-state index is 12.4. The maximum atomic E-state index is 12.4. The van der Waals surface area contributed by atoms with Crippen molar-refractivity contribution >= 4 is 17.9 Å². The third kappa shape index (κ3) is 5.64. The Hall–Kier alpha value is -2.81. The smallest absolute Gasteiger partial charge is 0.262 e. The second-order valence-electron chi connectivity index (χ2n) is 6.34.